The van der Waals surface area contributed by atoms with Gasteiger partial charge in [-0.05, 0) is 54.7 Å². The Morgan fingerprint density at radius 3 is 2.90 bits per heavy atom. The van der Waals surface area contributed by atoms with Crippen LogP contribution in [0.2, 0.25) is 0 Å². The Bertz CT molecular complexity index is 1220. The lowest BCUT2D eigenvalue weighted by atomic mass is 10.1. The van der Waals surface area contributed by atoms with Crippen LogP contribution in [0.4, 0.5) is 4.39 Å². The van der Waals surface area contributed by atoms with Crippen molar-refractivity contribution in [1.82, 2.24) is 24.9 Å². The molecule has 0 spiro atoms. The molecule has 5 rings (SSSR count). The van der Waals surface area contributed by atoms with Gasteiger partial charge in [0.15, 0.2) is 0 Å². The summed E-state index contributed by atoms with van der Waals surface area (Å²) in [6, 6.07) is 12.7. The van der Waals surface area contributed by atoms with E-state index in [9.17, 15) is 9.18 Å². The summed E-state index contributed by atoms with van der Waals surface area (Å²) >= 11 is 0. The fraction of sp³-hybridized carbons (Fsp3) is 0.292. The molecule has 158 valence electrons. The highest BCUT2D eigenvalue weighted by atomic mass is 19.1. The average molecular weight is 417 g/mol. The third kappa shape index (κ3) is 3.95. The van der Waals surface area contributed by atoms with E-state index in [1.807, 2.05) is 22.0 Å². The maximum Gasteiger partial charge on any atom is 0.227 e. The number of hydrogen-bond donors (Lipinski definition) is 1. The summed E-state index contributed by atoms with van der Waals surface area (Å²) in [7, 11) is 0. The molecular weight excluding hydrogens is 393 g/mol. The maximum atomic E-state index is 13.4. The van der Waals surface area contributed by atoms with Crippen molar-refractivity contribution >= 4 is 16.8 Å². The molecule has 1 aliphatic heterocycles. The first-order valence-corrected chi connectivity index (χ1v) is 10.6. The van der Waals surface area contributed by atoms with E-state index in [1.165, 1.54) is 12.1 Å². The van der Waals surface area contributed by atoms with Gasteiger partial charge in [-0.2, -0.15) is 10.2 Å². The fourth-order valence-corrected chi connectivity index (χ4v) is 4.61. The zero-order chi connectivity index (χ0) is 21.4. The Balaban J connectivity index is 1.27. The number of nitrogens with zero attached hydrogens (tertiary/aromatic N) is 4. The molecule has 1 aliphatic rings. The van der Waals surface area contributed by atoms with Gasteiger partial charge in [0.1, 0.15) is 5.82 Å². The summed E-state index contributed by atoms with van der Waals surface area (Å²) in [4.78, 5) is 14.7. The van der Waals surface area contributed by atoms with E-state index < -0.39 is 0 Å². The largest absolute Gasteiger partial charge is 0.339 e. The zero-order valence-electron chi connectivity index (χ0n) is 17.3. The standard InChI is InChI=1S/C24H24FN5O/c1-16-7-18(14-29(16)24(31)9-17-3-2-4-22(25)8-17)15-30-23-6-5-19(10-20(23)13-28-30)21-11-26-27-12-21/h2-6,8,10-13,16,18H,7,9,14-15H2,1H3,(H,26,27)/t16-,18-/m0/s1. The molecule has 4 aromatic rings. The molecule has 2 atom stereocenters. The zero-order valence-corrected chi connectivity index (χ0v) is 17.3. The quantitative estimate of drug-likeness (QED) is 0.533. The number of aromatic nitrogens is 4. The molecule has 1 N–H and O–H groups in total. The van der Waals surface area contributed by atoms with Crippen LogP contribution in [-0.2, 0) is 17.8 Å². The highest BCUT2D eigenvalue weighted by Crippen LogP contribution is 2.28. The Hall–Kier alpha value is -3.48. The minimum atomic E-state index is -0.306. The van der Waals surface area contributed by atoms with Gasteiger partial charge in [-0.25, -0.2) is 4.39 Å². The van der Waals surface area contributed by atoms with Crippen LogP contribution in [0.25, 0.3) is 22.0 Å². The van der Waals surface area contributed by atoms with Gasteiger partial charge in [-0.1, -0.05) is 18.2 Å². The van der Waals surface area contributed by atoms with Crippen molar-refractivity contribution in [2.24, 2.45) is 5.92 Å². The molecule has 0 bridgehead atoms. The Morgan fingerprint density at radius 2 is 2.10 bits per heavy atom. The van der Waals surface area contributed by atoms with Crippen LogP contribution in [0.15, 0.2) is 61.1 Å². The van der Waals surface area contributed by atoms with Gasteiger partial charge in [0, 0.05) is 36.3 Å². The second kappa shape index (κ2) is 7.98. The van der Waals surface area contributed by atoms with Crippen LogP contribution in [0.5, 0.6) is 0 Å². The summed E-state index contributed by atoms with van der Waals surface area (Å²) in [6.45, 7) is 3.55. The second-order valence-electron chi connectivity index (χ2n) is 8.39. The average Bonchev–Trinajstić information content (AvgIpc) is 3.49. The number of carbonyl (C=O) groups is 1. The van der Waals surface area contributed by atoms with Crippen molar-refractivity contribution in [3.63, 3.8) is 0 Å². The maximum absolute atomic E-state index is 13.4. The van der Waals surface area contributed by atoms with Crippen molar-refractivity contribution < 1.29 is 9.18 Å². The number of nitrogens with one attached hydrogen (secondary N) is 1. The van der Waals surface area contributed by atoms with E-state index in [4.69, 9.17) is 0 Å². The van der Waals surface area contributed by atoms with E-state index >= 15 is 0 Å². The molecule has 0 radical (unpaired) electrons. The van der Waals surface area contributed by atoms with Crippen molar-refractivity contribution in [3.8, 4) is 11.1 Å². The monoisotopic (exact) mass is 417 g/mol. The summed E-state index contributed by atoms with van der Waals surface area (Å²) in [5.41, 5.74) is 3.95. The summed E-state index contributed by atoms with van der Waals surface area (Å²) < 4.78 is 15.5. The number of H-pyrrole nitrogens is 1. The molecule has 31 heavy (non-hydrogen) atoms. The van der Waals surface area contributed by atoms with Gasteiger partial charge in [0.2, 0.25) is 5.91 Å². The second-order valence-corrected chi connectivity index (χ2v) is 8.39. The smallest absolute Gasteiger partial charge is 0.227 e. The summed E-state index contributed by atoms with van der Waals surface area (Å²) in [5, 5.41) is 12.5. The van der Waals surface area contributed by atoms with Crippen molar-refractivity contribution in [3.05, 3.63) is 72.4 Å². The number of carbonyl (C=O) groups excluding carboxylic acids is 1. The van der Waals surface area contributed by atoms with Gasteiger partial charge >= 0.3 is 0 Å². The number of benzene rings is 2. The normalized spacial score (nSPS) is 18.7. The molecule has 1 fully saturated rings. The van der Waals surface area contributed by atoms with E-state index in [2.05, 4.69) is 40.4 Å². The molecule has 7 heteroatoms. The van der Waals surface area contributed by atoms with E-state index in [1.54, 1.807) is 18.3 Å². The summed E-state index contributed by atoms with van der Waals surface area (Å²) in [6.07, 6.45) is 6.74. The molecule has 1 saturated heterocycles. The highest BCUT2D eigenvalue weighted by molar-refractivity contribution is 5.84. The third-order valence-corrected chi connectivity index (χ3v) is 6.13. The molecule has 2 aromatic carbocycles. The molecular formula is C24H24FN5O. The topological polar surface area (TPSA) is 66.8 Å². The van der Waals surface area contributed by atoms with Crippen LogP contribution in [-0.4, -0.2) is 43.4 Å². The van der Waals surface area contributed by atoms with E-state index in [0.717, 1.165) is 35.0 Å². The van der Waals surface area contributed by atoms with E-state index in [-0.39, 0.29) is 24.2 Å². The van der Waals surface area contributed by atoms with Gasteiger partial charge in [0.25, 0.3) is 0 Å². The molecule has 1 amide bonds. The first-order chi connectivity index (χ1) is 15.1. The van der Waals surface area contributed by atoms with Gasteiger partial charge < -0.3 is 4.90 Å². The van der Waals surface area contributed by atoms with Crippen LogP contribution in [0.1, 0.15) is 18.9 Å². The predicted molar refractivity (Wildman–Crippen MR) is 117 cm³/mol. The number of amides is 1. The van der Waals surface area contributed by atoms with Gasteiger partial charge in [0.05, 0.1) is 24.3 Å². The fourth-order valence-electron chi connectivity index (χ4n) is 4.61. The molecule has 0 unspecified atom stereocenters. The van der Waals surface area contributed by atoms with Crippen LogP contribution in [0.3, 0.4) is 0 Å². The van der Waals surface area contributed by atoms with Crippen LogP contribution in [0, 0.1) is 11.7 Å². The first-order valence-electron chi connectivity index (χ1n) is 10.6. The number of halogens is 1. The molecule has 6 nitrogen and oxygen atoms in total. The van der Waals surface area contributed by atoms with Gasteiger partial charge in [-0.15, -0.1) is 0 Å². The number of aromatic amines is 1. The Labute approximate surface area is 179 Å². The van der Waals surface area contributed by atoms with E-state index in [0.29, 0.717) is 18.0 Å². The predicted octanol–water partition coefficient (Wildman–Crippen LogP) is 4.05. The number of likely N-dealkylation sites (tertiary alicyclic amines) is 1. The minimum absolute atomic E-state index is 0.0516. The molecule has 0 saturated carbocycles. The Morgan fingerprint density at radius 1 is 1.19 bits per heavy atom. The van der Waals surface area contributed by atoms with Crippen molar-refractivity contribution in [1.29, 1.82) is 0 Å². The number of fused-ring (bicyclic) bond motifs is 1. The number of hydrogen-bond acceptors (Lipinski definition) is 3. The van der Waals surface area contributed by atoms with Crippen molar-refractivity contribution in [2.75, 3.05) is 6.54 Å². The van der Waals surface area contributed by atoms with Crippen molar-refractivity contribution in [2.45, 2.75) is 32.4 Å². The lowest BCUT2D eigenvalue weighted by molar-refractivity contribution is -0.131. The minimum Gasteiger partial charge on any atom is -0.339 e. The SMILES string of the molecule is C[C@H]1C[C@H](Cn2ncc3cc(-c4cn[nH]c4)ccc32)CN1C(=O)Cc1cccc(F)c1. The first kappa shape index (κ1) is 19.5. The Kier molecular flexibility index (Phi) is 5.02. The number of rotatable bonds is 5. The molecule has 3 heterocycles. The third-order valence-electron chi connectivity index (χ3n) is 6.13. The molecule has 0 aliphatic carbocycles. The van der Waals surface area contributed by atoms with Gasteiger partial charge in [-0.3, -0.25) is 14.6 Å². The van der Waals surface area contributed by atoms with Crippen LogP contribution >= 0.6 is 0 Å². The lowest BCUT2D eigenvalue weighted by Gasteiger charge is -2.21. The van der Waals surface area contributed by atoms with Crippen LogP contribution < -0.4 is 0 Å². The summed E-state index contributed by atoms with van der Waals surface area (Å²) in [5.74, 6) is 0.0814. The highest BCUT2D eigenvalue weighted by Gasteiger charge is 2.32. The lowest BCUT2D eigenvalue weighted by Crippen LogP contribution is -2.35. The molecule has 2 aromatic heterocycles.